The molecule has 1 saturated carbocycles. The number of nitrogens with one attached hydrogen (secondary N) is 1. The quantitative estimate of drug-likeness (QED) is 0.842. The van der Waals surface area contributed by atoms with E-state index in [-0.39, 0.29) is 23.4 Å². The van der Waals surface area contributed by atoms with Crippen molar-refractivity contribution in [2.24, 2.45) is 5.92 Å². The normalized spacial score (nSPS) is 22.4. The Kier molecular flexibility index (Phi) is 5.37. The van der Waals surface area contributed by atoms with Gasteiger partial charge in [-0.15, -0.1) is 0 Å². The van der Waals surface area contributed by atoms with Crippen LogP contribution in [0.2, 0.25) is 0 Å². The minimum absolute atomic E-state index is 0.0500. The first-order valence-corrected chi connectivity index (χ1v) is 11.2. The van der Waals surface area contributed by atoms with Gasteiger partial charge in [0, 0.05) is 50.9 Å². The van der Waals surface area contributed by atoms with Crippen LogP contribution < -0.4 is 5.56 Å². The van der Waals surface area contributed by atoms with E-state index in [1.807, 2.05) is 17.2 Å². The summed E-state index contributed by atoms with van der Waals surface area (Å²) in [4.78, 5) is 42.3. The lowest BCUT2D eigenvalue weighted by atomic mass is 10.0. The van der Waals surface area contributed by atoms with Crippen molar-refractivity contribution < 1.29 is 4.79 Å². The van der Waals surface area contributed by atoms with Crippen molar-refractivity contribution in [2.45, 2.75) is 64.1 Å². The van der Waals surface area contributed by atoms with Crippen LogP contribution in [0, 0.1) is 5.92 Å². The fourth-order valence-electron chi connectivity index (χ4n) is 5.26. The second-order valence-corrected chi connectivity index (χ2v) is 8.87. The first kappa shape index (κ1) is 19.4. The summed E-state index contributed by atoms with van der Waals surface area (Å²) < 4.78 is 0. The molecule has 7 heteroatoms. The molecule has 3 aliphatic rings. The lowest BCUT2D eigenvalue weighted by Crippen LogP contribution is -2.39. The monoisotopic (exact) mass is 407 g/mol. The lowest BCUT2D eigenvalue weighted by molar-refractivity contribution is -0.136. The van der Waals surface area contributed by atoms with Crippen molar-refractivity contribution in [1.29, 1.82) is 0 Å². The summed E-state index contributed by atoms with van der Waals surface area (Å²) in [5, 5.41) is 0. The van der Waals surface area contributed by atoms with E-state index in [1.54, 1.807) is 6.20 Å². The molecule has 2 fully saturated rings. The van der Waals surface area contributed by atoms with Gasteiger partial charge in [0.25, 0.3) is 5.56 Å². The first-order chi connectivity index (χ1) is 14.7. The molecule has 5 rings (SSSR count). The Hall–Kier alpha value is -2.54. The molecule has 0 radical (unpaired) electrons. The van der Waals surface area contributed by atoms with Gasteiger partial charge in [-0.25, -0.2) is 4.98 Å². The van der Waals surface area contributed by atoms with Crippen molar-refractivity contribution in [3.8, 4) is 0 Å². The summed E-state index contributed by atoms with van der Waals surface area (Å²) in [5.74, 6) is 1.11. The molecule has 1 amide bonds. The van der Waals surface area contributed by atoms with Crippen LogP contribution in [0.25, 0.3) is 0 Å². The molecule has 30 heavy (non-hydrogen) atoms. The summed E-state index contributed by atoms with van der Waals surface area (Å²) in [5.41, 5.74) is 2.76. The highest BCUT2D eigenvalue weighted by Crippen LogP contribution is 2.35. The fraction of sp³-hybridized carbons (Fsp3) is 0.565. The van der Waals surface area contributed by atoms with Crippen LogP contribution in [0.15, 0.2) is 29.3 Å². The largest absolute Gasteiger partial charge is 0.332 e. The van der Waals surface area contributed by atoms with Gasteiger partial charge in [-0.3, -0.25) is 19.5 Å². The molecule has 2 aromatic rings. The zero-order chi connectivity index (χ0) is 20.5. The second-order valence-electron chi connectivity index (χ2n) is 8.87. The fourth-order valence-corrected chi connectivity index (χ4v) is 5.26. The number of fused-ring (bicyclic) bond motifs is 1. The number of aromatic nitrogens is 3. The van der Waals surface area contributed by atoms with E-state index in [4.69, 9.17) is 4.98 Å². The number of likely N-dealkylation sites (tertiary alicyclic amines) is 1. The Balaban J connectivity index is 1.34. The van der Waals surface area contributed by atoms with Gasteiger partial charge in [-0.1, -0.05) is 18.9 Å². The highest BCUT2D eigenvalue weighted by molar-refractivity contribution is 5.79. The zero-order valence-corrected chi connectivity index (χ0v) is 17.3. The minimum atomic E-state index is -0.0791. The van der Waals surface area contributed by atoms with Crippen LogP contribution in [0.4, 0.5) is 0 Å². The Morgan fingerprint density at radius 3 is 2.83 bits per heavy atom. The van der Waals surface area contributed by atoms with Crippen LogP contribution in [-0.2, 0) is 24.3 Å². The molecule has 0 bridgehead atoms. The van der Waals surface area contributed by atoms with E-state index in [1.165, 1.54) is 0 Å². The summed E-state index contributed by atoms with van der Waals surface area (Å²) in [6.45, 7) is 3.02. The van der Waals surface area contributed by atoms with Gasteiger partial charge in [0.05, 0.1) is 17.3 Å². The van der Waals surface area contributed by atoms with Gasteiger partial charge in [-0.05, 0) is 37.3 Å². The summed E-state index contributed by atoms with van der Waals surface area (Å²) >= 11 is 0. The number of rotatable bonds is 4. The van der Waals surface area contributed by atoms with Crippen molar-refractivity contribution in [3.63, 3.8) is 0 Å². The number of hydrogen-bond donors (Lipinski definition) is 1. The topological polar surface area (TPSA) is 82.2 Å². The number of aromatic amines is 1. The average molecular weight is 408 g/mol. The Morgan fingerprint density at radius 1 is 1.17 bits per heavy atom. The molecule has 4 heterocycles. The van der Waals surface area contributed by atoms with Crippen molar-refractivity contribution in [1.82, 2.24) is 24.8 Å². The molecule has 0 unspecified atom stereocenters. The predicted octanol–water partition coefficient (Wildman–Crippen LogP) is 2.58. The van der Waals surface area contributed by atoms with Crippen LogP contribution in [0.3, 0.4) is 0 Å². The van der Waals surface area contributed by atoms with Crippen LogP contribution >= 0.6 is 0 Å². The third-order valence-electron chi connectivity index (χ3n) is 6.85. The van der Waals surface area contributed by atoms with E-state index in [0.717, 1.165) is 81.4 Å². The number of nitrogens with zero attached hydrogens (tertiary/aromatic N) is 4. The molecule has 0 spiro atoms. The molecule has 7 nitrogen and oxygen atoms in total. The molecule has 158 valence electrons. The summed E-state index contributed by atoms with van der Waals surface area (Å²) in [7, 11) is 0. The molecule has 1 atom stereocenters. The van der Waals surface area contributed by atoms with Gasteiger partial charge in [0.2, 0.25) is 5.91 Å². The lowest BCUT2D eigenvalue weighted by Gasteiger charge is -2.30. The number of amides is 1. The van der Waals surface area contributed by atoms with E-state index in [0.29, 0.717) is 12.4 Å². The Bertz CT molecular complexity index is 967. The summed E-state index contributed by atoms with van der Waals surface area (Å²) in [6, 6.07) is 3.92. The molecule has 0 aromatic carbocycles. The Morgan fingerprint density at radius 2 is 2.03 bits per heavy atom. The number of pyridine rings is 1. The predicted molar refractivity (Wildman–Crippen MR) is 113 cm³/mol. The SMILES string of the molecule is O=C(C1CCCC1)N1CCC[C@@H]1c1nc2c(c(=O)[nH]1)CN(Cc1cccnc1)CC2. The van der Waals surface area contributed by atoms with Crippen LogP contribution in [-0.4, -0.2) is 43.7 Å². The van der Waals surface area contributed by atoms with Gasteiger partial charge in [0.15, 0.2) is 0 Å². The van der Waals surface area contributed by atoms with Gasteiger partial charge < -0.3 is 9.88 Å². The molecule has 1 saturated heterocycles. The van der Waals surface area contributed by atoms with Crippen LogP contribution in [0.1, 0.15) is 67.2 Å². The standard InChI is InChI=1S/C23H29N5O2/c29-22-18-15-27(14-16-5-3-10-24-13-16)12-9-19(18)25-21(26-22)20-8-4-11-28(20)23(30)17-6-1-2-7-17/h3,5,10,13,17,20H,1-2,4,6-9,11-12,14-15H2,(H,25,26,29)/t20-/m1/s1. The summed E-state index contributed by atoms with van der Waals surface area (Å²) in [6.07, 6.45) is 10.6. The van der Waals surface area contributed by atoms with Crippen molar-refractivity contribution in [3.05, 3.63) is 57.5 Å². The molecule has 1 aliphatic carbocycles. The average Bonchev–Trinajstić information content (AvgIpc) is 3.47. The molecular formula is C23H29N5O2. The van der Waals surface area contributed by atoms with Gasteiger partial charge in [-0.2, -0.15) is 0 Å². The molecule has 1 N–H and O–H groups in total. The van der Waals surface area contributed by atoms with Gasteiger partial charge in [0.1, 0.15) is 5.82 Å². The maximum absolute atomic E-state index is 13.0. The molecule has 2 aliphatic heterocycles. The van der Waals surface area contributed by atoms with E-state index in [2.05, 4.69) is 20.9 Å². The minimum Gasteiger partial charge on any atom is -0.332 e. The molecule has 2 aromatic heterocycles. The van der Waals surface area contributed by atoms with Crippen molar-refractivity contribution >= 4 is 5.91 Å². The van der Waals surface area contributed by atoms with Crippen LogP contribution in [0.5, 0.6) is 0 Å². The Labute approximate surface area is 176 Å². The maximum atomic E-state index is 13.0. The zero-order valence-electron chi connectivity index (χ0n) is 17.3. The van der Waals surface area contributed by atoms with Crippen molar-refractivity contribution in [2.75, 3.05) is 13.1 Å². The van der Waals surface area contributed by atoms with E-state index in [9.17, 15) is 9.59 Å². The molecular weight excluding hydrogens is 378 g/mol. The maximum Gasteiger partial charge on any atom is 0.255 e. The van der Waals surface area contributed by atoms with E-state index < -0.39 is 0 Å². The highest BCUT2D eigenvalue weighted by atomic mass is 16.2. The third kappa shape index (κ3) is 3.78. The smallest absolute Gasteiger partial charge is 0.255 e. The second kappa shape index (κ2) is 8.30. The first-order valence-electron chi connectivity index (χ1n) is 11.2. The number of H-pyrrole nitrogens is 1. The van der Waals surface area contributed by atoms with Gasteiger partial charge >= 0.3 is 0 Å². The number of carbonyl (C=O) groups is 1. The number of hydrogen-bond acceptors (Lipinski definition) is 5. The number of carbonyl (C=O) groups excluding carboxylic acids is 1. The van der Waals surface area contributed by atoms with E-state index >= 15 is 0 Å². The highest BCUT2D eigenvalue weighted by Gasteiger charge is 2.36. The third-order valence-corrected chi connectivity index (χ3v) is 6.85.